The summed E-state index contributed by atoms with van der Waals surface area (Å²) in [6, 6.07) is 5.60. The van der Waals surface area contributed by atoms with Crippen LogP contribution in [0.3, 0.4) is 0 Å². The summed E-state index contributed by atoms with van der Waals surface area (Å²) in [4.78, 5) is 3.88. The van der Waals surface area contributed by atoms with Crippen molar-refractivity contribution in [2.24, 2.45) is 5.73 Å². The summed E-state index contributed by atoms with van der Waals surface area (Å²) in [6.07, 6.45) is 1.27. The third kappa shape index (κ3) is 3.04. The molecule has 1 heterocycles. The highest BCUT2D eigenvalue weighted by molar-refractivity contribution is 9.10. The van der Waals surface area contributed by atoms with E-state index >= 15 is 0 Å². The van der Waals surface area contributed by atoms with E-state index in [0.717, 1.165) is 15.8 Å². The largest absolute Gasteiger partial charge is 0.485 e. The van der Waals surface area contributed by atoms with Gasteiger partial charge in [0.1, 0.15) is 5.75 Å². The van der Waals surface area contributed by atoms with Gasteiger partial charge in [0, 0.05) is 16.1 Å². The first-order chi connectivity index (χ1) is 8.16. The van der Waals surface area contributed by atoms with Gasteiger partial charge in [0.15, 0.2) is 6.61 Å². The SMILES string of the molecule is C[C@@H](N)c1cc(Br)ccc1OCc1ncon1. The van der Waals surface area contributed by atoms with Crippen LogP contribution in [0.4, 0.5) is 0 Å². The Morgan fingerprint density at radius 3 is 3.00 bits per heavy atom. The first-order valence-electron chi connectivity index (χ1n) is 5.10. The van der Waals surface area contributed by atoms with E-state index in [1.54, 1.807) is 0 Å². The van der Waals surface area contributed by atoms with E-state index < -0.39 is 0 Å². The molecular weight excluding hydrogens is 286 g/mol. The van der Waals surface area contributed by atoms with Crippen molar-refractivity contribution in [1.82, 2.24) is 10.1 Å². The molecular formula is C11H12BrN3O2. The molecule has 2 N–H and O–H groups in total. The van der Waals surface area contributed by atoms with Gasteiger partial charge in [0.2, 0.25) is 12.2 Å². The third-order valence-corrected chi connectivity index (χ3v) is 2.72. The molecule has 0 aliphatic heterocycles. The predicted octanol–water partition coefficient (Wildman–Crippen LogP) is 2.43. The van der Waals surface area contributed by atoms with Gasteiger partial charge < -0.3 is 15.0 Å². The Labute approximate surface area is 107 Å². The molecule has 6 heteroatoms. The van der Waals surface area contributed by atoms with Gasteiger partial charge in [-0.2, -0.15) is 4.98 Å². The van der Waals surface area contributed by atoms with Crippen molar-refractivity contribution in [1.29, 1.82) is 0 Å². The molecule has 0 bridgehead atoms. The molecule has 2 rings (SSSR count). The van der Waals surface area contributed by atoms with E-state index in [1.807, 2.05) is 25.1 Å². The number of nitrogens with zero attached hydrogens (tertiary/aromatic N) is 2. The first kappa shape index (κ1) is 12.1. The van der Waals surface area contributed by atoms with E-state index in [0.29, 0.717) is 5.82 Å². The maximum absolute atomic E-state index is 5.88. The lowest BCUT2D eigenvalue weighted by Gasteiger charge is -2.13. The minimum atomic E-state index is -0.104. The van der Waals surface area contributed by atoms with Crippen molar-refractivity contribution in [3.05, 3.63) is 40.5 Å². The highest BCUT2D eigenvalue weighted by atomic mass is 79.9. The van der Waals surface area contributed by atoms with Crippen LogP contribution in [0.15, 0.2) is 33.6 Å². The number of rotatable bonds is 4. The number of aromatic nitrogens is 2. The molecule has 0 aliphatic carbocycles. The fourth-order valence-corrected chi connectivity index (χ4v) is 1.78. The van der Waals surface area contributed by atoms with Crippen LogP contribution in [-0.2, 0) is 6.61 Å². The van der Waals surface area contributed by atoms with Gasteiger partial charge in [-0.15, -0.1) is 0 Å². The highest BCUT2D eigenvalue weighted by Crippen LogP contribution is 2.27. The second kappa shape index (κ2) is 5.29. The number of nitrogens with two attached hydrogens (primary N) is 1. The minimum Gasteiger partial charge on any atom is -0.485 e. The maximum atomic E-state index is 5.88. The maximum Gasteiger partial charge on any atom is 0.213 e. The van der Waals surface area contributed by atoms with Crippen molar-refractivity contribution in [3.63, 3.8) is 0 Å². The van der Waals surface area contributed by atoms with Gasteiger partial charge in [-0.3, -0.25) is 0 Å². The lowest BCUT2D eigenvalue weighted by Crippen LogP contribution is -2.08. The van der Waals surface area contributed by atoms with Crippen molar-refractivity contribution in [2.45, 2.75) is 19.6 Å². The minimum absolute atomic E-state index is 0.104. The summed E-state index contributed by atoms with van der Waals surface area (Å²) in [5.74, 6) is 1.23. The van der Waals surface area contributed by atoms with Crippen LogP contribution in [-0.4, -0.2) is 10.1 Å². The molecule has 0 spiro atoms. The lowest BCUT2D eigenvalue weighted by molar-refractivity contribution is 0.282. The quantitative estimate of drug-likeness (QED) is 0.938. The summed E-state index contributed by atoms with van der Waals surface area (Å²) in [6.45, 7) is 2.17. The lowest BCUT2D eigenvalue weighted by atomic mass is 10.1. The molecule has 1 aromatic carbocycles. The van der Waals surface area contributed by atoms with Crippen molar-refractivity contribution in [2.75, 3.05) is 0 Å². The Balaban J connectivity index is 2.14. The van der Waals surface area contributed by atoms with Crippen LogP contribution >= 0.6 is 15.9 Å². The molecule has 0 unspecified atom stereocenters. The van der Waals surface area contributed by atoms with Gasteiger partial charge >= 0.3 is 0 Å². The van der Waals surface area contributed by atoms with Crippen molar-refractivity contribution >= 4 is 15.9 Å². The smallest absolute Gasteiger partial charge is 0.213 e. The number of halogens is 1. The van der Waals surface area contributed by atoms with Gasteiger partial charge in [-0.05, 0) is 25.1 Å². The molecule has 0 saturated carbocycles. The predicted molar refractivity (Wildman–Crippen MR) is 65.4 cm³/mol. The van der Waals surface area contributed by atoms with Crippen LogP contribution in [0.2, 0.25) is 0 Å². The van der Waals surface area contributed by atoms with Crippen LogP contribution in [0, 0.1) is 0 Å². The van der Waals surface area contributed by atoms with E-state index in [9.17, 15) is 0 Å². The highest BCUT2D eigenvalue weighted by Gasteiger charge is 2.10. The molecule has 0 fully saturated rings. The summed E-state index contributed by atoms with van der Waals surface area (Å²) in [5, 5.41) is 3.67. The van der Waals surface area contributed by atoms with Gasteiger partial charge in [0.25, 0.3) is 0 Å². The van der Waals surface area contributed by atoms with Gasteiger partial charge in [-0.1, -0.05) is 21.1 Å². The Morgan fingerprint density at radius 1 is 1.53 bits per heavy atom. The monoisotopic (exact) mass is 297 g/mol. The van der Waals surface area contributed by atoms with Gasteiger partial charge in [-0.25, -0.2) is 0 Å². The molecule has 90 valence electrons. The van der Waals surface area contributed by atoms with Crippen LogP contribution in [0.5, 0.6) is 5.75 Å². The van der Waals surface area contributed by atoms with E-state index in [2.05, 4.69) is 30.6 Å². The van der Waals surface area contributed by atoms with E-state index in [1.165, 1.54) is 6.39 Å². The summed E-state index contributed by atoms with van der Waals surface area (Å²) >= 11 is 3.40. The zero-order valence-corrected chi connectivity index (χ0v) is 10.8. The van der Waals surface area contributed by atoms with Crippen LogP contribution in [0.1, 0.15) is 24.4 Å². The average molecular weight is 298 g/mol. The molecule has 0 amide bonds. The molecule has 2 aromatic rings. The Morgan fingerprint density at radius 2 is 2.35 bits per heavy atom. The molecule has 1 aromatic heterocycles. The molecule has 0 saturated heterocycles. The second-order valence-corrected chi connectivity index (χ2v) is 4.52. The molecule has 0 aliphatic rings. The first-order valence-corrected chi connectivity index (χ1v) is 5.89. The third-order valence-electron chi connectivity index (χ3n) is 2.23. The zero-order valence-electron chi connectivity index (χ0n) is 9.26. The van der Waals surface area contributed by atoms with E-state index in [-0.39, 0.29) is 12.6 Å². The normalized spacial score (nSPS) is 12.4. The summed E-state index contributed by atoms with van der Waals surface area (Å²) in [5.41, 5.74) is 6.81. The molecule has 5 nitrogen and oxygen atoms in total. The second-order valence-electron chi connectivity index (χ2n) is 3.61. The molecule has 1 atom stereocenters. The number of hydrogen-bond donors (Lipinski definition) is 1. The Hall–Kier alpha value is -1.40. The van der Waals surface area contributed by atoms with Crippen molar-refractivity contribution in [3.8, 4) is 5.75 Å². The number of benzene rings is 1. The number of ether oxygens (including phenoxy) is 1. The fourth-order valence-electron chi connectivity index (χ4n) is 1.40. The summed E-state index contributed by atoms with van der Waals surface area (Å²) in [7, 11) is 0. The topological polar surface area (TPSA) is 74.2 Å². The fraction of sp³-hybridized carbons (Fsp3) is 0.273. The summed E-state index contributed by atoms with van der Waals surface area (Å²) < 4.78 is 11.2. The van der Waals surface area contributed by atoms with Crippen LogP contribution in [0.25, 0.3) is 0 Å². The number of hydrogen-bond acceptors (Lipinski definition) is 5. The molecule has 0 radical (unpaired) electrons. The molecule has 17 heavy (non-hydrogen) atoms. The van der Waals surface area contributed by atoms with Gasteiger partial charge in [0.05, 0.1) is 0 Å². The standard InChI is InChI=1S/C11H12BrN3O2/c1-7(13)9-4-8(12)2-3-10(9)16-5-11-14-6-17-15-11/h2-4,6-7H,5,13H2,1H3/t7-/m1/s1. The van der Waals surface area contributed by atoms with E-state index in [4.69, 9.17) is 10.5 Å². The van der Waals surface area contributed by atoms with Crippen LogP contribution < -0.4 is 10.5 Å². The Kier molecular flexibility index (Phi) is 3.75. The Bertz CT molecular complexity index is 485. The van der Waals surface area contributed by atoms with Crippen molar-refractivity contribution < 1.29 is 9.26 Å². The zero-order chi connectivity index (χ0) is 12.3. The average Bonchev–Trinajstić information content (AvgIpc) is 2.80.